The Morgan fingerprint density at radius 3 is 2.46 bits per heavy atom. The van der Waals surface area contributed by atoms with Crippen molar-refractivity contribution >= 4 is 40.7 Å². The summed E-state index contributed by atoms with van der Waals surface area (Å²) in [5, 5.41) is 31.6. The summed E-state index contributed by atoms with van der Waals surface area (Å²) in [6, 6.07) is 16.0. The molecular formula is C53H65ClN12O3. The summed E-state index contributed by atoms with van der Waals surface area (Å²) in [4.78, 5) is 35.4. The molecular weight excluding hydrogens is 888 g/mol. The molecule has 10 rings (SSSR count). The smallest absolute Gasteiger partial charge is 0.272 e. The van der Waals surface area contributed by atoms with E-state index in [2.05, 4.69) is 85.2 Å². The summed E-state index contributed by atoms with van der Waals surface area (Å²) in [7, 11) is 1.96. The maximum absolute atomic E-state index is 13.2. The zero-order valence-corrected chi connectivity index (χ0v) is 41.5. The predicted octanol–water partition coefficient (Wildman–Crippen LogP) is 8.21. The highest BCUT2D eigenvalue weighted by Gasteiger charge is 2.39. The molecule has 1 saturated carbocycles. The van der Waals surface area contributed by atoms with Crippen molar-refractivity contribution in [1.29, 1.82) is 5.26 Å². The highest BCUT2D eigenvalue weighted by atomic mass is 35.5. The van der Waals surface area contributed by atoms with Gasteiger partial charge in [0.2, 0.25) is 5.91 Å². The molecule has 362 valence electrons. The third-order valence-electron chi connectivity index (χ3n) is 15.7. The number of piperidine rings is 2. The van der Waals surface area contributed by atoms with Crippen LogP contribution in [0.4, 0.5) is 17.3 Å². The lowest BCUT2D eigenvalue weighted by Crippen LogP contribution is -2.50. The third-order valence-corrected chi connectivity index (χ3v) is 16.1. The molecule has 1 N–H and O–H groups in total. The van der Waals surface area contributed by atoms with Crippen LogP contribution >= 0.6 is 11.6 Å². The minimum absolute atomic E-state index is 0.0282. The lowest BCUT2D eigenvalue weighted by molar-refractivity contribution is -0.129. The van der Waals surface area contributed by atoms with Gasteiger partial charge in [0.25, 0.3) is 5.91 Å². The standard InChI is InChI=1S/C53H65ClN12O3/c1-34-25-49-36(26-44(34)38-29-56-61(5)30-38)7-6-20-65(49)51-45-32-63(35(2)67)24-19-48(45)66(60-51)41-17-21-62(22-18-41)31-39-16-23-64(33-53(39,3)4)50-15-14-47(58-59-50)52(68)57-40-9-12-42(13-10-40)69-43-11-8-37(28-55)46(54)27-43/h8,11,14-15,25-27,29-30,39-42H,6-7,9-10,12-13,16-24,31-33H2,1-5H3,(H,57,68). The molecule has 3 aromatic heterocycles. The molecule has 2 saturated heterocycles. The first-order valence-corrected chi connectivity index (χ1v) is 25.4. The van der Waals surface area contributed by atoms with Crippen molar-refractivity contribution in [2.45, 2.75) is 117 Å². The fourth-order valence-electron chi connectivity index (χ4n) is 11.7. The third kappa shape index (κ3) is 9.80. The average molecular weight is 954 g/mol. The van der Waals surface area contributed by atoms with E-state index in [9.17, 15) is 9.59 Å². The number of nitriles is 1. The molecule has 4 aliphatic heterocycles. The van der Waals surface area contributed by atoms with Gasteiger partial charge < -0.3 is 29.7 Å². The second kappa shape index (κ2) is 19.4. The van der Waals surface area contributed by atoms with E-state index in [0.717, 1.165) is 127 Å². The molecule has 7 heterocycles. The van der Waals surface area contributed by atoms with Gasteiger partial charge in [-0.15, -0.1) is 10.2 Å². The van der Waals surface area contributed by atoms with E-state index < -0.39 is 0 Å². The Morgan fingerprint density at radius 1 is 0.957 bits per heavy atom. The largest absolute Gasteiger partial charge is 0.490 e. The van der Waals surface area contributed by atoms with Gasteiger partial charge in [0.05, 0.1) is 35.5 Å². The number of aryl methyl sites for hydroxylation is 3. The number of aromatic nitrogens is 6. The first-order valence-electron chi connectivity index (χ1n) is 25.0. The first kappa shape index (κ1) is 46.7. The summed E-state index contributed by atoms with van der Waals surface area (Å²) in [6.45, 7) is 15.8. The number of fused-ring (bicyclic) bond motifs is 2. The van der Waals surface area contributed by atoms with Crippen molar-refractivity contribution in [1.82, 2.24) is 44.9 Å². The highest BCUT2D eigenvalue weighted by molar-refractivity contribution is 6.31. The molecule has 2 amide bonds. The van der Waals surface area contributed by atoms with Gasteiger partial charge >= 0.3 is 0 Å². The lowest BCUT2D eigenvalue weighted by atomic mass is 9.73. The van der Waals surface area contributed by atoms with Gasteiger partial charge in [-0.05, 0) is 129 Å². The zero-order valence-electron chi connectivity index (χ0n) is 40.8. The number of amides is 2. The molecule has 0 spiro atoms. The summed E-state index contributed by atoms with van der Waals surface area (Å²) in [5.41, 5.74) is 9.51. The SMILES string of the molecule is CC(=O)N1CCc2c(c(N3CCCc4cc(-c5cnn(C)c5)c(C)cc43)nn2C2CCN(CC3CCN(c4ccc(C(=O)NC5CCC(Oc6ccc(C#N)c(Cl)c6)CC5)nn4)CC3(C)C)CC2)C1. The minimum Gasteiger partial charge on any atom is -0.490 e. The zero-order chi connectivity index (χ0) is 48.0. The number of halogens is 1. The number of rotatable bonds is 10. The molecule has 5 aromatic rings. The Bertz CT molecular complexity index is 2740. The van der Waals surface area contributed by atoms with Crippen molar-refractivity contribution < 1.29 is 14.3 Å². The monoisotopic (exact) mass is 952 g/mol. The van der Waals surface area contributed by atoms with E-state index in [4.69, 9.17) is 26.7 Å². The topological polar surface area (TPSA) is 154 Å². The minimum atomic E-state index is -0.202. The summed E-state index contributed by atoms with van der Waals surface area (Å²) in [6.07, 6.45) is 13.3. The Hall–Kier alpha value is -5.98. The Kier molecular flexibility index (Phi) is 13.2. The normalized spacial score (nSPS) is 21.9. The number of nitrogens with zero attached hydrogens (tertiary/aromatic N) is 11. The summed E-state index contributed by atoms with van der Waals surface area (Å²) in [5.74, 6) is 2.94. The fraction of sp³-hybridized carbons (Fsp3) is 0.528. The molecule has 69 heavy (non-hydrogen) atoms. The molecule has 1 atom stereocenters. The molecule has 0 radical (unpaired) electrons. The van der Waals surface area contributed by atoms with Gasteiger partial charge in [0.1, 0.15) is 11.8 Å². The highest BCUT2D eigenvalue weighted by Crippen LogP contribution is 2.43. The van der Waals surface area contributed by atoms with Crippen LogP contribution in [-0.2, 0) is 31.2 Å². The van der Waals surface area contributed by atoms with Crippen LogP contribution in [0.1, 0.15) is 117 Å². The van der Waals surface area contributed by atoms with Crippen molar-refractivity contribution in [2.75, 3.05) is 55.6 Å². The Morgan fingerprint density at radius 2 is 1.77 bits per heavy atom. The molecule has 16 heteroatoms. The van der Waals surface area contributed by atoms with Crippen LogP contribution < -0.4 is 19.9 Å². The van der Waals surface area contributed by atoms with E-state index in [1.54, 1.807) is 31.2 Å². The average Bonchev–Trinajstić information content (AvgIpc) is 3.96. The van der Waals surface area contributed by atoms with Crippen LogP contribution in [0.5, 0.6) is 5.75 Å². The van der Waals surface area contributed by atoms with Gasteiger partial charge in [-0.25, -0.2) is 0 Å². The van der Waals surface area contributed by atoms with Crippen LogP contribution in [-0.4, -0.2) is 109 Å². The van der Waals surface area contributed by atoms with Crippen LogP contribution in [0.15, 0.2) is 54.9 Å². The van der Waals surface area contributed by atoms with E-state index in [1.165, 1.54) is 33.6 Å². The first-order chi connectivity index (χ1) is 33.3. The van der Waals surface area contributed by atoms with Crippen molar-refractivity contribution in [2.24, 2.45) is 18.4 Å². The van der Waals surface area contributed by atoms with Gasteiger partial charge in [0.15, 0.2) is 17.3 Å². The summed E-state index contributed by atoms with van der Waals surface area (Å²) < 4.78 is 10.4. The molecule has 2 aromatic carbocycles. The number of hydrogen-bond acceptors (Lipinski definition) is 11. The number of ether oxygens (including phenoxy) is 1. The van der Waals surface area contributed by atoms with E-state index in [1.807, 2.05) is 28.9 Å². The van der Waals surface area contributed by atoms with E-state index in [0.29, 0.717) is 40.5 Å². The quantitative estimate of drug-likeness (QED) is 0.144. The fourth-order valence-corrected chi connectivity index (χ4v) is 11.9. The predicted molar refractivity (Wildman–Crippen MR) is 267 cm³/mol. The molecule has 1 aliphatic carbocycles. The number of likely N-dealkylation sites (tertiary alicyclic amines) is 1. The maximum atomic E-state index is 13.2. The van der Waals surface area contributed by atoms with Crippen molar-refractivity contribution in [3.8, 4) is 22.9 Å². The van der Waals surface area contributed by atoms with E-state index >= 15 is 0 Å². The summed E-state index contributed by atoms with van der Waals surface area (Å²) >= 11 is 6.19. The Labute approximate surface area is 410 Å². The molecule has 3 fully saturated rings. The lowest BCUT2D eigenvalue weighted by Gasteiger charge is -2.47. The number of anilines is 3. The van der Waals surface area contributed by atoms with Gasteiger partial charge in [0, 0.05) is 107 Å². The second-order valence-corrected chi connectivity index (χ2v) is 21.3. The molecule has 0 bridgehead atoms. The Balaban J connectivity index is 0.735. The second-order valence-electron chi connectivity index (χ2n) is 20.9. The van der Waals surface area contributed by atoms with Crippen molar-refractivity contribution in [3.05, 3.63) is 93.5 Å². The molecule has 15 nitrogen and oxygen atoms in total. The van der Waals surface area contributed by atoms with Gasteiger partial charge in [-0.1, -0.05) is 25.4 Å². The molecule has 1 unspecified atom stereocenters. The van der Waals surface area contributed by atoms with E-state index in [-0.39, 0.29) is 29.4 Å². The van der Waals surface area contributed by atoms with Crippen LogP contribution in [0.25, 0.3) is 11.1 Å². The van der Waals surface area contributed by atoms with Crippen LogP contribution in [0.2, 0.25) is 5.02 Å². The number of carbonyl (C=O) groups excluding carboxylic acids is 2. The van der Waals surface area contributed by atoms with Crippen molar-refractivity contribution in [3.63, 3.8) is 0 Å². The number of benzene rings is 2. The number of hydrogen-bond donors (Lipinski definition) is 1. The number of nitrogens with one attached hydrogen (secondary N) is 1. The maximum Gasteiger partial charge on any atom is 0.272 e. The molecule has 5 aliphatic rings. The van der Waals surface area contributed by atoms with Gasteiger partial charge in [-0.2, -0.15) is 15.5 Å². The van der Waals surface area contributed by atoms with Crippen LogP contribution in [0, 0.1) is 29.6 Å². The number of carbonyl (C=O) groups is 2. The van der Waals surface area contributed by atoms with Gasteiger partial charge in [-0.3, -0.25) is 19.0 Å². The van der Waals surface area contributed by atoms with Crippen LogP contribution in [0.3, 0.4) is 0 Å².